The van der Waals surface area contributed by atoms with Gasteiger partial charge in [0.05, 0.1) is 16.1 Å². The number of nitrogens with one attached hydrogen (secondary N) is 1. The minimum Gasteiger partial charge on any atom is -0.393 e. The third-order valence-electron chi connectivity index (χ3n) is 4.10. The Morgan fingerprint density at radius 2 is 1.89 bits per heavy atom. The molecule has 3 heterocycles. The first-order chi connectivity index (χ1) is 9.10. The fourth-order valence-electron chi connectivity index (χ4n) is 3.31. The van der Waals surface area contributed by atoms with Crippen molar-refractivity contribution in [3.8, 4) is 0 Å². The highest BCUT2D eigenvalue weighted by Crippen LogP contribution is 2.42. The maximum absolute atomic E-state index is 9.86. The summed E-state index contributed by atoms with van der Waals surface area (Å²) in [6.45, 7) is 0. The predicted octanol–water partition coefficient (Wildman–Crippen LogP) is 2.92. The minimum absolute atomic E-state index is 0.191. The second-order valence-corrected chi connectivity index (χ2v) is 6.11. The van der Waals surface area contributed by atoms with E-state index in [2.05, 4.69) is 15.2 Å². The molecule has 0 radical (unpaired) electrons. The number of hydrogen-bond donors (Lipinski definition) is 2. The van der Waals surface area contributed by atoms with E-state index >= 15 is 0 Å². The average Bonchev–Trinajstić information content (AvgIpc) is 2.63. The number of aliphatic hydroxyl groups excluding tert-OH is 1. The largest absolute Gasteiger partial charge is 0.393 e. The molecule has 2 atom stereocenters. The lowest BCUT2D eigenvalue weighted by Crippen LogP contribution is -2.45. The van der Waals surface area contributed by atoms with Gasteiger partial charge < -0.3 is 15.3 Å². The topological polar surface area (TPSA) is 48.4 Å². The van der Waals surface area contributed by atoms with Gasteiger partial charge in [0.2, 0.25) is 0 Å². The highest BCUT2D eigenvalue weighted by atomic mass is 35.5. The van der Waals surface area contributed by atoms with Gasteiger partial charge in [0.1, 0.15) is 11.6 Å². The first-order valence-corrected chi connectivity index (χ1v) is 7.36. The van der Waals surface area contributed by atoms with Crippen molar-refractivity contribution in [2.75, 3.05) is 17.3 Å². The molecule has 2 unspecified atom stereocenters. The molecule has 1 aromatic rings. The molecule has 2 aliphatic heterocycles. The third kappa shape index (κ3) is 2.26. The lowest BCUT2D eigenvalue weighted by molar-refractivity contribution is 0.126. The van der Waals surface area contributed by atoms with Gasteiger partial charge >= 0.3 is 0 Å². The number of pyridine rings is 1. The summed E-state index contributed by atoms with van der Waals surface area (Å²) in [6.07, 6.45) is 3.59. The van der Waals surface area contributed by atoms with Crippen LogP contribution in [0.5, 0.6) is 0 Å². The molecular formula is C13H17Cl2N3O. The SMILES string of the molecule is CNc1nc(N2C3CCC2CC(O)C3)c(Cl)cc1Cl. The molecule has 4 nitrogen and oxygen atoms in total. The fourth-order valence-corrected chi connectivity index (χ4v) is 3.86. The van der Waals surface area contributed by atoms with E-state index in [4.69, 9.17) is 23.2 Å². The molecule has 1 aromatic heterocycles. The van der Waals surface area contributed by atoms with E-state index in [1.54, 1.807) is 13.1 Å². The van der Waals surface area contributed by atoms with E-state index < -0.39 is 0 Å². The molecule has 2 aliphatic rings. The van der Waals surface area contributed by atoms with E-state index in [0.29, 0.717) is 27.9 Å². The molecule has 0 amide bonds. The number of rotatable bonds is 2. The van der Waals surface area contributed by atoms with Crippen LogP contribution in [-0.2, 0) is 0 Å². The molecule has 0 spiro atoms. The molecule has 0 saturated carbocycles. The standard InChI is InChI=1S/C13H17Cl2N3O/c1-16-12-10(14)6-11(15)13(17-12)18-7-2-3-8(18)5-9(19)4-7/h6-9,19H,2-5H2,1H3,(H,16,17). The molecule has 2 fully saturated rings. The van der Waals surface area contributed by atoms with Gasteiger partial charge in [-0.2, -0.15) is 0 Å². The smallest absolute Gasteiger partial charge is 0.150 e. The Labute approximate surface area is 122 Å². The maximum Gasteiger partial charge on any atom is 0.150 e. The maximum atomic E-state index is 9.86. The first kappa shape index (κ1) is 13.3. The summed E-state index contributed by atoms with van der Waals surface area (Å²) in [5, 5.41) is 13.9. The van der Waals surface area contributed by atoms with Crippen LogP contribution in [-0.4, -0.2) is 35.3 Å². The fraction of sp³-hybridized carbons (Fsp3) is 0.615. The molecule has 104 valence electrons. The number of anilines is 2. The highest BCUT2D eigenvalue weighted by molar-refractivity contribution is 6.37. The van der Waals surface area contributed by atoms with Gasteiger partial charge in [-0.3, -0.25) is 0 Å². The normalized spacial score (nSPS) is 29.7. The van der Waals surface area contributed by atoms with Crippen LogP contribution in [0.3, 0.4) is 0 Å². The summed E-state index contributed by atoms with van der Waals surface area (Å²) in [6, 6.07) is 2.41. The Kier molecular flexibility index (Phi) is 3.50. The second-order valence-electron chi connectivity index (χ2n) is 5.29. The van der Waals surface area contributed by atoms with Gasteiger partial charge in [0, 0.05) is 19.1 Å². The van der Waals surface area contributed by atoms with Crippen molar-refractivity contribution in [1.82, 2.24) is 4.98 Å². The van der Waals surface area contributed by atoms with E-state index in [1.165, 1.54) is 0 Å². The second kappa shape index (κ2) is 5.00. The van der Waals surface area contributed by atoms with Crippen molar-refractivity contribution >= 4 is 34.8 Å². The van der Waals surface area contributed by atoms with E-state index in [1.807, 2.05) is 0 Å². The van der Waals surface area contributed by atoms with Gasteiger partial charge in [-0.05, 0) is 31.7 Å². The Morgan fingerprint density at radius 1 is 1.26 bits per heavy atom. The number of piperidine rings is 1. The zero-order valence-corrected chi connectivity index (χ0v) is 12.2. The van der Waals surface area contributed by atoms with E-state index in [0.717, 1.165) is 31.5 Å². The Bertz CT molecular complexity index is 483. The van der Waals surface area contributed by atoms with Crippen molar-refractivity contribution < 1.29 is 5.11 Å². The number of halogens is 2. The molecule has 2 N–H and O–H groups in total. The third-order valence-corrected chi connectivity index (χ3v) is 4.67. The number of hydrogen-bond acceptors (Lipinski definition) is 4. The Balaban J connectivity index is 1.99. The van der Waals surface area contributed by atoms with E-state index in [9.17, 15) is 5.11 Å². The van der Waals surface area contributed by atoms with Crippen molar-refractivity contribution in [3.05, 3.63) is 16.1 Å². The summed E-state index contributed by atoms with van der Waals surface area (Å²) >= 11 is 12.4. The summed E-state index contributed by atoms with van der Waals surface area (Å²) < 4.78 is 0. The lowest BCUT2D eigenvalue weighted by atomic mass is 10.00. The molecular weight excluding hydrogens is 285 g/mol. The van der Waals surface area contributed by atoms with Crippen LogP contribution in [0.4, 0.5) is 11.6 Å². The summed E-state index contributed by atoms with van der Waals surface area (Å²) in [5.41, 5.74) is 0. The number of nitrogens with zero attached hydrogens (tertiary/aromatic N) is 2. The summed E-state index contributed by atoms with van der Waals surface area (Å²) in [5.74, 6) is 1.43. The van der Waals surface area contributed by atoms with Crippen molar-refractivity contribution in [1.29, 1.82) is 0 Å². The molecule has 19 heavy (non-hydrogen) atoms. The number of aliphatic hydroxyl groups is 1. The van der Waals surface area contributed by atoms with Crippen molar-refractivity contribution in [2.45, 2.75) is 43.9 Å². The minimum atomic E-state index is -0.191. The van der Waals surface area contributed by atoms with Crippen LogP contribution in [0.1, 0.15) is 25.7 Å². The van der Waals surface area contributed by atoms with Gasteiger partial charge in [0.15, 0.2) is 0 Å². The quantitative estimate of drug-likeness (QED) is 0.882. The zero-order valence-electron chi connectivity index (χ0n) is 10.7. The van der Waals surface area contributed by atoms with Crippen LogP contribution >= 0.6 is 23.2 Å². The van der Waals surface area contributed by atoms with Crippen LogP contribution in [0.25, 0.3) is 0 Å². The lowest BCUT2D eigenvalue weighted by Gasteiger charge is -2.38. The van der Waals surface area contributed by atoms with Gasteiger partial charge in [0.25, 0.3) is 0 Å². The van der Waals surface area contributed by atoms with E-state index in [-0.39, 0.29) is 6.10 Å². The first-order valence-electron chi connectivity index (χ1n) is 6.60. The molecule has 3 rings (SSSR count). The Hall–Kier alpha value is -0.710. The summed E-state index contributed by atoms with van der Waals surface area (Å²) in [7, 11) is 1.79. The molecule has 0 aliphatic carbocycles. The molecule has 2 saturated heterocycles. The van der Waals surface area contributed by atoms with Crippen LogP contribution < -0.4 is 10.2 Å². The molecule has 2 bridgehead atoms. The molecule has 6 heteroatoms. The predicted molar refractivity (Wildman–Crippen MR) is 78.3 cm³/mol. The Morgan fingerprint density at radius 3 is 2.47 bits per heavy atom. The number of fused-ring (bicyclic) bond motifs is 2. The zero-order chi connectivity index (χ0) is 13.6. The van der Waals surface area contributed by atoms with Crippen molar-refractivity contribution in [3.63, 3.8) is 0 Å². The highest BCUT2D eigenvalue weighted by Gasteiger charge is 2.41. The average molecular weight is 302 g/mol. The van der Waals surface area contributed by atoms with Crippen LogP contribution in [0, 0.1) is 0 Å². The van der Waals surface area contributed by atoms with Gasteiger partial charge in [-0.25, -0.2) is 4.98 Å². The molecule has 0 aromatic carbocycles. The monoisotopic (exact) mass is 301 g/mol. The summed E-state index contributed by atoms with van der Waals surface area (Å²) in [4.78, 5) is 6.82. The van der Waals surface area contributed by atoms with Gasteiger partial charge in [-0.1, -0.05) is 23.2 Å². The van der Waals surface area contributed by atoms with Crippen LogP contribution in [0.2, 0.25) is 10.0 Å². The van der Waals surface area contributed by atoms with Crippen molar-refractivity contribution in [2.24, 2.45) is 0 Å². The van der Waals surface area contributed by atoms with Gasteiger partial charge in [-0.15, -0.1) is 0 Å². The number of aromatic nitrogens is 1. The van der Waals surface area contributed by atoms with Crippen LogP contribution in [0.15, 0.2) is 6.07 Å².